The lowest BCUT2D eigenvalue weighted by molar-refractivity contribution is 0.0935. The molecule has 1 heterocycles. The van der Waals surface area contributed by atoms with Gasteiger partial charge >= 0.3 is 0 Å². The number of aryl methyl sites for hydroxylation is 2. The van der Waals surface area contributed by atoms with Gasteiger partial charge in [-0.3, -0.25) is 9.59 Å². The summed E-state index contributed by atoms with van der Waals surface area (Å²) < 4.78 is 0. The quantitative estimate of drug-likeness (QED) is 0.876. The number of allylic oxidation sites excluding steroid dienone is 2. The fourth-order valence-corrected chi connectivity index (χ4v) is 4.09. The molecule has 0 amide bonds. The number of likely N-dealkylation sites (tertiary alicyclic amines) is 1. The summed E-state index contributed by atoms with van der Waals surface area (Å²) in [7, 11) is 0. The molecule has 1 aliphatic carbocycles. The van der Waals surface area contributed by atoms with Gasteiger partial charge in [-0.05, 0) is 56.4 Å². The second-order valence-electron chi connectivity index (χ2n) is 7.48. The van der Waals surface area contributed by atoms with Crippen molar-refractivity contribution in [3.8, 4) is 0 Å². The van der Waals surface area contributed by atoms with Crippen LogP contribution in [0.15, 0.2) is 53.9 Å². The fraction of sp³-hybridized carbons (Fsp3) is 0.304. The molecule has 0 radical (unpaired) electrons. The zero-order chi connectivity index (χ0) is 19.0. The summed E-state index contributed by atoms with van der Waals surface area (Å²) in [5, 5.41) is 3.30. The number of hydrogen-bond acceptors (Lipinski definition) is 4. The maximum Gasteiger partial charge on any atom is 0.212 e. The first-order chi connectivity index (χ1) is 13.0. The highest BCUT2D eigenvalue weighted by Gasteiger charge is 2.35. The average Bonchev–Trinajstić information content (AvgIpc) is 2.66. The predicted octanol–water partition coefficient (Wildman–Crippen LogP) is 4.49. The minimum atomic E-state index is -0.107. The lowest BCUT2D eigenvalue weighted by Crippen LogP contribution is -2.39. The SMILES string of the molecule is Cc1cc(C)cc(NC2=C(N3CCCCC3)C(=O)c3ccccc3C2=O)c1. The van der Waals surface area contributed by atoms with Crippen molar-refractivity contribution in [3.05, 3.63) is 76.1 Å². The first-order valence-corrected chi connectivity index (χ1v) is 9.57. The van der Waals surface area contributed by atoms with E-state index in [4.69, 9.17) is 0 Å². The Hall–Kier alpha value is -2.88. The Labute approximate surface area is 159 Å². The highest BCUT2D eigenvalue weighted by molar-refractivity contribution is 6.27. The third-order valence-electron chi connectivity index (χ3n) is 5.26. The zero-order valence-corrected chi connectivity index (χ0v) is 15.8. The van der Waals surface area contributed by atoms with E-state index in [9.17, 15) is 9.59 Å². The molecule has 0 aromatic heterocycles. The van der Waals surface area contributed by atoms with E-state index in [2.05, 4.69) is 16.3 Å². The van der Waals surface area contributed by atoms with E-state index in [1.54, 1.807) is 12.1 Å². The Balaban J connectivity index is 1.83. The standard InChI is InChI=1S/C23H24N2O2/c1-15-12-16(2)14-17(13-15)24-20-21(25-10-6-3-7-11-25)23(27)19-9-5-4-8-18(19)22(20)26/h4-5,8-9,12-14,24H,3,6-7,10-11H2,1-2H3. The Kier molecular flexibility index (Phi) is 4.56. The summed E-state index contributed by atoms with van der Waals surface area (Å²) in [6.45, 7) is 5.69. The number of benzene rings is 2. The number of rotatable bonds is 3. The van der Waals surface area contributed by atoms with Crippen LogP contribution in [-0.4, -0.2) is 29.6 Å². The summed E-state index contributed by atoms with van der Waals surface area (Å²) >= 11 is 0. The predicted molar refractivity (Wildman–Crippen MR) is 107 cm³/mol. The van der Waals surface area contributed by atoms with E-state index in [1.807, 2.05) is 38.1 Å². The van der Waals surface area contributed by atoms with Crippen LogP contribution in [0.2, 0.25) is 0 Å². The molecule has 0 saturated carbocycles. The summed E-state index contributed by atoms with van der Waals surface area (Å²) in [5.74, 6) is -0.163. The van der Waals surface area contributed by atoms with Gasteiger partial charge in [-0.15, -0.1) is 0 Å². The van der Waals surface area contributed by atoms with Crippen LogP contribution in [0, 0.1) is 13.8 Å². The summed E-state index contributed by atoms with van der Waals surface area (Å²) in [5.41, 5.74) is 5.00. The van der Waals surface area contributed by atoms with Gasteiger partial charge < -0.3 is 10.2 Å². The molecule has 2 aromatic carbocycles. The number of nitrogens with zero attached hydrogens (tertiary/aromatic N) is 1. The second kappa shape index (κ2) is 7.03. The maximum atomic E-state index is 13.3. The van der Waals surface area contributed by atoms with Crippen LogP contribution >= 0.6 is 0 Å². The average molecular weight is 360 g/mol. The van der Waals surface area contributed by atoms with E-state index >= 15 is 0 Å². The van der Waals surface area contributed by atoms with Crippen molar-refractivity contribution in [2.24, 2.45) is 0 Å². The van der Waals surface area contributed by atoms with Crippen LogP contribution in [0.5, 0.6) is 0 Å². The highest BCUT2D eigenvalue weighted by Crippen LogP contribution is 2.31. The minimum Gasteiger partial charge on any atom is -0.367 e. The molecule has 2 aliphatic rings. The van der Waals surface area contributed by atoms with E-state index in [0.29, 0.717) is 22.5 Å². The van der Waals surface area contributed by atoms with E-state index in [-0.39, 0.29) is 11.6 Å². The number of fused-ring (bicyclic) bond motifs is 1. The van der Waals surface area contributed by atoms with Gasteiger partial charge in [-0.2, -0.15) is 0 Å². The molecule has 1 N–H and O–H groups in total. The molecule has 0 unspecified atom stereocenters. The van der Waals surface area contributed by atoms with Gasteiger partial charge in [0.05, 0.1) is 0 Å². The Bertz CT molecular complexity index is 932. The Morgan fingerprint density at radius 1 is 0.815 bits per heavy atom. The Morgan fingerprint density at radius 3 is 2.04 bits per heavy atom. The van der Waals surface area contributed by atoms with E-state index in [1.165, 1.54) is 6.42 Å². The number of nitrogens with one attached hydrogen (secondary N) is 1. The van der Waals surface area contributed by atoms with Crippen LogP contribution in [0.4, 0.5) is 5.69 Å². The molecule has 1 aliphatic heterocycles. The minimum absolute atomic E-state index is 0.0565. The molecule has 27 heavy (non-hydrogen) atoms. The van der Waals surface area contributed by atoms with Crippen LogP contribution < -0.4 is 5.32 Å². The molecule has 4 heteroatoms. The molecule has 1 fully saturated rings. The van der Waals surface area contributed by atoms with Gasteiger partial charge in [0, 0.05) is 29.9 Å². The largest absolute Gasteiger partial charge is 0.367 e. The van der Waals surface area contributed by atoms with Crippen LogP contribution in [-0.2, 0) is 0 Å². The molecule has 0 spiro atoms. The first-order valence-electron chi connectivity index (χ1n) is 9.57. The molecule has 0 atom stereocenters. The molecular weight excluding hydrogens is 336 g/mol. The number of piperidine rings is 1. The Morgan fingerprint density at radius 2 is 1.41 bits per heavy atom. The lowest BCUT2D eigenvalue weighted by Gasteiger charge is -2.34. The molecule has 1 saturated heterocycles. The highest BCUT2D eigenvalue weighted by atomic mass is 16.1. The molecule has 4 nitrogen and oxygen atoms in total. The molecule has 2 aromatic rings. The number of Topliss-reactive ketones (excluding diaryl/α,β-unsaturated/α-hetero) is 2. The van der Waals surface area contributed by atoms with Gasteiger partial charge in [0.2, 0.25) is 11.6 Å². The molecule has 4 rings (SSSR count). The van der Waals surface area contributed by atoms with E-state index in [0.717, 1.165) is 42.7 Å². The number of carbonyl (C=O) groups excluding carboxylic acids is 2. The van der Waals surface area contributed by atoms with Crippen LogP contribution in [0.25, 0.3) is 0 Å². The number of hydrogen-bond donors (Lipinski definition) is 1. The summed E-state index contributed by atoms with van der Waals surface area (Å²) in [6.07, 6.45) is 3.26. The van der Waals surface area contributed by atoms with Gasteiger partial charge in [0.15, 0.2) is 0 Å². The van der Waals surface area contributed by atoms with Crippen molar-refractivity contribution in [1.29, 1.82) is 0 Å². The lowest BCUT2D eigenvalue weighted by atomic mass is 9.89. The van der Waals surface area contributed by atoms with Gasteiger partial charge in [-0.25, -0.2) is 0 Å². The van der Waals surface area contributed by atoms with Crippen molar-refractivity contribution in [2.45, 2.75) is 33.1 Å². The smallest absolute Gasteiger partial charge is 0.212 e. The number of ketones is 2. The van der Waals surface area contributed by atoms with Crippen molar-refractivity contribution >= 4 is 17.3 Å². The van der Waals surface area contributed by atoms with Crippen molar-refractivity contribution in [2.75, 3.05) is 18.4 Å². The third-order valence-corrected chi connectivity index (χ3v) is 5.26. The van der Waals surface area contributed by atoms with Crippen molar-refractivity contribution in [3.63, 3.8) is 0 Å². The summed E-state index contributed by atoms with van der Waals surface area (Å²) in [6, 6.07) is 13.2. The molecular formula is C23H24N2O2. The van der Waals surface area contributed by atoms with Gasteiger partial charge in [-0.1, -0.05) is 30.3 Å². The van der Waals surface area contributed by atoms with Gasteiger partial charge in [0.25, 0.3) is 0 Å². The van der Waals surface area contributed by atoms with Crippen molar-refractivity contribution < 1.29 is 9.59 Å². The van der Waals surface area contributed by atoms with Crippen LogP contribution in [0.1, 0.15) is 51.1 Å². The number of carbonyl (C=O) groups is 2. The zero-order valence-electron chi connectivity index (χ0n) is 15.8. The number of anilines is 1. The van der Waals surface area contributed by atoms with Crippen LogP contribution in [0.3, 0.4) is 0 Å². The third kappa shape index (κ3) is 3.27. The van der Waals surface area contributed by atoms with Gasteiger partial charge in [0.1, 0.15) is 11.4 Å². The van der Waals surface area contributed by atoms with E-state index < -0.39 is 0 Å². The topological polar surface area (TPSA) is 49.4 Å². The summed E-state index contributed by atoms with van der Waals surface area (Å²) in [4.78, 5) is 28.7. The fourth-order valence-electron chi connectivity index (χ4n) is 4.09. The maximum absolute atomic E-state index is 13.3. The second-order valence-corrected chi connectivity index (χ2v) is 7.48. The first kappa shape index (κ1) is 17.5. The van der Waals surface area contributed by atoms with Crippen molar-refractivity contribution in [1.82, 2.24) is 4.90 Å². The monoisotopic (exact) mass is 360 g/mol. The molecule has 0 bridgehead atoms. The molecule has 138 valence electrons. The normalized spacial score (nSPS) is 17.2.